The third kappa shape index (κ3) is 1.51. The van der Waals surface area contributed by atoms with E-state index in [2.05, 4.69) is 17.0 Å². The first-order valence-corrected chi connectivity index (χ1v) is 4.46. The van der Waals surface area contributed by atoms with Crippen LogP contribution >= 0.6 is 0 Å². The first-order chi connectivity index (χ1) is 6.21. The smallest absolute Gasteiger partial charge is 0.239 e. The van der Waals surface area contributed by atoms with E-state index in [-0.39, 0.29) is 5.54 Å². The topological polar surface area (TPSA) is 66.0 Å². The molecule has 2 N–H and O–H groups in total. The molecule has 1 aromatic rings. The van der Waals surface area contributed by atoms with Crippen molar-refractivity contribution in [1.29, 1.82) is 0 Å². The second-order valence-electron chi connectivity index (χ2n) is 3.70. The van der Waals surface area contributed by atoms with Crippen molar-refractivity contribution in [3.63, 3.8) is 0 Å². The van der Waals surface area contributed by atoms with Crippen LogP contribution in [0.25, 0.3) is 0 Å². The first kappa shape index (κ1) is 8.50. The van der Waals surface area contributed by atoms with Gasteiger partial charge in [0.2, 0.25) is 5.95 Å². The van der Waals surface area contributed by atoms with Gasteiger partial charge >= 0.3 is 0 Å². The number of nitrogen functional groups attached to an aromatic ring is 1. The van der Waals surface area contributed by atoms with Crippen LogP contribution in [0.1, 0.15) is 19.8 Å². The molecular formula is C8H14N4O. The van der Waals surface area contributed by atoms with E-state index in [9.17, 15) is 0 Å². The van der Waals surface area contributed by atoms with Crippen LogP contribution in [0.2, 0.25) is 0 Å². The summed E-state index contributed by atoms with van der Waals surface area (Å²) < 4.78 is 7.23. The van der Waals surface area contributed by atoms with Crippen LogP contribution in [0.5, 0.6) is 0 Å². The maximum absolute atomic E-state index is 5.46. The fourth-order valence-electron chi connectivity index (χ4n) is 1.64. The molecule has 0 amide bonds. The van der Waals surface area contributed by atoms with Crippen molar-refractivity contribution in [2.45, 2.75) is 25.3 Å². The molecule has 0 spiro atoms. The zero-order valence-corrected chi connectivity index (χ0v) is 7.73. The van der Waals surface area contributed by atoms with E-state index in [4.69, 9.17) is 10.5 Å². The van der Waals surface area contributed by atoms with Crippen LogP contribution in [0.4, 0.5) is 5.95 Å². The number of ether oxygens (including phenoxy) is 1. The van der Waals surface area contributed by atoms with Gasteiger partial charge in [0.1, 0.15) is 6.33 Å². The van der Waals surface area contributed by atoms with Gasteiger partial charge in [-0.15, -0.1) is 5.10 Å². The van der Waals surface area contributed by atoms with E-state index >= 15 is 0 Å². The van der Waals surface area contributed by atoms with Crippen LogP contribution in [-0.4, -0.2) is 28.0 Å². The van der Waals surface area contributed by atoms with Crippen LogP contribution in [-0.2, 0) is 10.3 Å². The van der Waals surface area contributed by atoms with E-state index in [0.29, 0.717) is 12.6 Å². The van der Waals surface area contributed by atoms with Gasteiger partial charge in [-0.25, -0.2) is 9.67 Å². The van der Waals surface area contributed by atoms with Gasteiger partial charge in [0.15, 0.2) is 0 Å². The standard InChI is InChI=1S/C8H14N4O/c1-8(3-2-4-13-5-8)12-6-10-7(9)11-12/h6H,2-5H2,1H3,(H2,9,11). The van der Waals surface area contributed by atoms with Gasteiger partial charge in [-0.2, -0.15) is 0 Å². The second kappa shape index (κ2) is 2.99. The zero-order valence-electron chi connectivity index (χ0n) is 7.73. The molecule has 5 heteroatoms. The third-order valence-corrected chi connectivity index (χ3v) is 2.48. The lowest BCUT2D eigenvalue weighted by Gasteiger charge is -2.33. The Balaban J connectivity index is 2.22. The van der Waals surface area contributed by atoms with Crippen molar-refractivity contribution >= 4 is 5.95 Å². The number of hydrogen-bond donors (Lipinski definition) is 1. The maximum atomic E-state index is 5.46. The number of hydrogen-bond acceptors (Lipinski definition) is 4. The maximum Gasteiger partial charge on any atom is 0.239 e. The fourth-order valence-corrected chi connectivity index (χ4v) is 1.64. The summed E-state index contributed by atoms with van der Waals surface area (Å²) in [5.74, 6) is 0.326. The van der Waals surface area contributed by atoms with E-state index in [1.54, 1.807) is 6.33 Å². The number of rotatable bonds is 1. The van der Waals surface area contributed by atoms with Crippen LogP contribution in [0.15, 0.2) is 6.33 Å². The SMILES string of the molecule is CC1(n2cnc(N)n2)CCCOC1. The summed E-state index contributed by atoms with van der Waals surface area (Å²) in [6.07, 6.45) is 3.80. The first-order valence-electron chi connectivity index (χ1n) is 4.46. The minimum Gasteiger partial charge on any atom is -0.379 e. The van der Waals surface area contributed by atoms with Crippen LogP contribution in [0.3, 0.4) is 0 Å². The van der Waals surface area contributed by atoms with E-state index in [0.717, 1.165) is 19.4 Å². The molecule has 1 saturated heterocycles. The molecule has 0 saturated carbocycles. The van der Waals surface area contributed by atoms with Gasteiger partial charge in [0.25, 0.3) is 0 Å². The lowest BCUT2D eigenvalue weighted by atomic mass is 9.95. The fraction of sp³-hybridized carbons (Fsp3) is 0.750. The zero-order chi connectivity index (χ0) is 9.31. The van der Waals surface area contributed by atoms with Gasteiger partial charge in [-0.1, -0.05) is 0 Å². The molecule has 1 fully saturated rings. The predicted octanol–water partition coefficient (Wildman–Crippen LogP) is 0.386. The Morgan fingerprint density at radius 1 is 1.69 bits per heavy atom. The van der Waals surface area contributed by atoms with Crippen molar-refractivity contribution in [3.8, 4) is 0 Å². The number of aromatic nitrogens is 3. The molecule has 2 rings (SSSR count). The quantitative estimate of drug-likeness (QED) is 0.682. The molecule has 1 aromatic heterocycles. The average Bonchev–Trinajstić information content (AvgIpc) is 2.54. The molecule has 1 unspecified atom stereocenters. The van der Waals surface area contributed by atoms with Crippen LogP contribution in [0, 0.1) is 0 Å². The Hall–Kier alpha value is -1.10. The molecule has 0 radical (unpaired) electrons. The molecular weight excluding hydrogens is 168 g/mol. The van der Waals surface area contributed by atoms with Crippen molar-refractivity contribution < 1.29 is 4.74 Å². The average molecular weight is 182 g/mol. The highest BCUT2D eigenvalue weighted by molar-refractivity contribution is 5.10. The molecule has 1 aliphatic heterocycles. The number of anilines is 1. The highest BCUT2D eigenvalue weighted by Gasteiger charge is 2.30. The molecule has 1 atom stereocenters. The van der Waals surface area contributed by atoms with Gasteiger partial charge in [0, 0.05) is 6.61 Å². The molecule has 13 heavy (non-hydrogen) atoms. The summed E-state index contributed by atoms with van der Waals surface area (Å²) in [6, 6.07) is 0. The Kier molecular flexibility index (Phi) is 1.95. The molecule has 0 bridgehead atoms. The molecule has 0 aromatic carbocycles. The van der Waals surface area contributed by atoms with Crippen molar-refractivity contribution in [1.82, 2.24) is 14.8 Å². The highest BCUT2D eigenvalue weighted by atomic mass is 16.5. The predicted molar refractivity (Wildman–Crippen MR) is 48.1 cm³/mol. The monoisotopic (exact) mass is 182 g/mol. The van der Waals surface area contributed by atoms with Crippen LogP contribution < -0.4 is 5.73 Å². The second-order valence-corrected chi connectivity index (χ2v) is 3.70. The van der Waals surface area contributed by atoms with E-state index in [1.165, 1.54) is 0 Å². The molecule has 5 nitrogen and oxygen atoms in total. The van der Waals surface area contributed by atoms with Gasteiger partial charge in [0.05, 0.1) is 12.1 Å². The molecule has 0 aliphatic carbocycles. The normalized spacial score (nSPS) is 29.0. The molecule has 72 valence electrons. The third-order valence-electron chi connectivity index (χ3n) is 2.48. The van der Waals surface area contributed by atoms with Crippen molar-refractivity contribution in [2.24, 2.45) is 0 Å². The summed E-state index contributed by atoms with van der Waals surface area (Å²) in [5.41, 5.74) is 5.39. The minimum atomic E-state index is -0.0666. The lowest BCUT2D eigenvalue weighted by molar-refractivity contribution is 0.00346. The number of nitrogens with zero attached hydrogens (tertiary/aromatic N) is 3. The van der Waals surface area contributed by atoms with E-state index < -0.39 is 0 Å². The molecule has 2 heterocycles. The summed E-state index contributed by atoms with van der Waals surface area (Å²) >= 11 is 0. The lowest BCUT2D eigenvalue weighted by Crippen LogP contribution is -2.39. The van der Waals surface area contributed by atoms with E-state index in [1.807, 2.05) is 4.68 Å². The Bertz CT molecular complexity index is 290. The number of nitrogens with two attached hydrogens (primary N) is 1. The van der Waals surface area contributed by atoms with Gasteiger partial charge in [-0.3, -0.25) is 0 Å². The Labute approximate surface area is 76.9 Å². The molecule has 1 aliphatic rings. The highest BCUT2D eigenvalue weighted by Crippen LogP contribution is 2.25. The van der Waals surface area contributed by atoms with Gasteiger partial charge in [-0.05, 0) is 19.8 Å². The summed E-state index contributed by atoms with van der Waals surface area (Å²) in [6.45, 7) is 3.65. The summed E-state index contributed by atoms with van der Waals surface area (Å²) in [7, 11) is 0. The Morgan fingerprint density at radius 3 is 3.08 bits per heavy atom. The van der Waals surface area contributed by atoms with Crippen molar-refractivity contribution in [2.75, 3.05) is 18.9 Å². The minimum absolute atomic E-state index is 0.0666. The van der Waals surface area contributed by atoms with Crippen molar-refractivity contribution in [3.05, 3.63) is 6.33 Å². The Morgan fingerprint density at radius 2 is 2.54 bits per heavy atom. The largest absolute Gasteiger partial charge is 0.379 e. The summed E-state index contributed by atoms with van der Waals surface area (Å²) in [5, 5.41) is 4.11. The van der Waals surface area contributed by atoms with Gasteiger partial charge < -0.3 is 10.5 Å². The summed E-state index contributed by atoms with van der Waals surface area (Å²) in [4.78, 5) is 3.91.